The minimum Gasteiger partial charge on any atom is -0.468 e. The highest BCUT2D eigenvalue weighted by atomic mass is 16.5. The van der Waals surface area contributed by atoms with E-state index in [-0.39, 0.29) is 12.1 Å². The lowest BCUT2D eigenvalue weighted by Gasteiger charge is -2.29. The Balaban J connectivity index is 2.53. The molecule has 2 N–H and O–H groups in total. The molecule has 4 nitrogen and oxygen atoms in total. The van der Waals surface area contributed by atoms with Crippen LogP contribution < -0.4 is 5.32 Å². The Morgan fingerprint density at radius 1 is 1.56 bits per heavy atom. The molecule has 0 radical (unpaired) electrons. The Morgan fingerprint density at radius 2 is 2.31 bits per heavy atom. The zero-order valence-electron chi connectivity index (χ0n) is 10.2. The summed E-state index contributed by atoms with van der Waals surface area (Å²) in [6.07, 6.45) is 2.34. The Morgan fingerprint density at radius 3 is 2.81 bits per heavy atom. The first-order valence-electron chi connectivity index (χ1n) is 5.49. The molecule has 0 fully saturated rings. The van der Waals surface area contributed by atoms with Crippen molar-refractivity contribution in [3.63, 3.8) is 0 Å². The first-order valence-corrected chi connectivity index (χ1v) is 5.49. The van der Waals surface area contributed by atoms with E-state index in [0.717, 1.165) is 11.3 Å². The van der Waals surface area contributed by atoms with Crippen LogP contribution in [0, 0.1) is 6.92 Å². The maximum Gasteiger partial charge on any atom is 0.120 e. The third-order valence-electron chi connectivity index (χ3n) is 2.77. The largest absolute Gasteiger partial charge is 0.468 e. The zero-order chi connectivity index (χ0) is 12.0. The van der Waals surface area contributed by atoms with E-state index in [9.17, 15) is 0 Å². The van der Waals surface area contributed by atoms with Crippen LogP contribution in [0.3, 0.4) is 0 Å². The molecule has 1 rings (SSSR count). The quantitative estimate of drug-likeness (QED) is 0.740. The SMILES string of the molecule is COCC(C)(CCO)NCc1occc1C. The standard InChI is InChI=1S/C12H21NO3/c1-10-4-7-16-11(10)8-13-12(2,5-6-14)9-15-3/h4,7,13-14H,5-6,8-9H2,1-3H3. The number of methoxy groups -OCH3 is 1. The smallest absolute Gasteiger partial charge is 0.120 e. The molecule has 1 aromatic heterocycles. The molecule has 0 saturated carbocycles. The van der Waals surface area contributed by atoms with E-state index in [2.05, 4.69) is 5.32 Å². The number of nitrogens with one attached hydrogen (secondary N) is 1. The fourth-order valence-electron chi connectivity index (χ4n) is 1.66. The molecule has 0 amide bonds. The van der Waals surface area contributed by atoms with Crippen LogP contribution in [0.2, 0.25) is 0 Å². The number of aliphatic hydroxyl groups excluding tert-OH is 1. The second-order valence-electron chi connectivity index (χ2n) is 4.35. The number of aliphatic hydroxyl groups is 1. The van der Waals surface area contributed by atoms with Crippen molar-refractivity contribution in [3.05, 3.63) is 23.7 Å². The van der Waals surface area contributed by atoms with E-state index < -0.39 is 0 Å². The molecule has 92 valence electrons. The molecule has 0 aromatic carbocycles. The summed E-state index contributed by atoms with van der Waals surface area (Å²) in [7, 11) is 1.66. The second-order valence-corrected chi connectivity index (χ2v) is 4.35. The van der Waals surface area contributed by atoms with Crippen molar-refractivity contribution >= 4 is 0 Å². The van der Waals surface area contributed by atoms with E-state index in [1.807, 2.05) is 19.9 Å². The lowest BCUT2D eigenvalue weighted by atomic mass is 9.99. The van der Waals surface area contributed by atoms with E-state index in [1.54, 1.807) is 13.4 Å². The normalized spacial score (nSPS) is 15.0. The highest BCUT2D eigenvalue weighted by Gasteiger charge is 2.23. The van der Waals surface area contributed by atoms with Gasteiger partial charge in [-0.3, -0.25) is 0 Å². The van der Waals surface area contributed by atoms with Crippen LogP contribution in [-0.4, -0.2) is 31.0 Å². The number of hydrogen-bond acceptors (Lipinski definition) is 4. The van der Waals surface area contributed by atoms with Crippen molar-refractivity contribution in [2.45, 2.75) is 32.4 Å². The Kier molecular flexibility index (Phi) is 4.99. The van der Waals surface area contributed by atoms with Crippen LogP contribution in [-0.2, 0) is 11.3 Å². The number of furan rings is 1. The van der Waals surface area contributed by atoms with Gasteiger partial charge in [-0.05, 0) is 31.9 Å². The van der Waals surface area contributed by atoms with Crippen LogP contribution >= 0.6 is 0 Å². The van der Waals surface area contributed by atoms with Crippen molar-refractivity contribution in [1.82, 2.24) is 5.32 Å². The molecular formula is C12H21NO3. The Bertz CT molecular complexity index is 303. The van der Waals surface area contributed by atoms with Crippen molar-refractivity contribution in [1.29, 1.82) is 0 Å². The van der Waals surface area contributed by atoms with E-state index in [0.29, 0.717) is 19.6 Å². The van der Waals surface area contributed by atoms with Gasteiger partial charge in [0.1, 0.15) is 5.76 Å². The molecule has 0 spiro atoms. The molecule has 16 heavy (non-hydrogen) atoms. The molecule has 0 aliphatic heterocycles. The van der Waals surface area contributed by atoms with Crippen LogP contribution in [0.25, 0.3) is 0 Å². The highest BCUT2D eigenvalue weighted by molar-refractivity contribution is 5.14. The molecule has 1 aromatic rings. The average molecular weight is 227 g/mol. The molecule has 1 unspecified atom stereocenters. The predicted octanol–water partition coefficient (Wildman–Crippen LogP) is 1.47. The summed E-state index contributed by atoms with van der Waals surface area (Å²) < 4.78 is 10.5. The first kappa shape index (κ1) is 13.2. The van der Waals surface area contributed by atoms with E-state index in [1.165, 1.54) is 0 Å². The van der Waals surface area contributed by atoms with Gasteiger partial charge in [0.2, 0.25) is 0 Å². The van der Waals surface area contributed by atoms with Crippen LogP contribution in [0.4, 0.5) is 0 Å². The summed E-state index contributed by atoms with van der Waals surface area (Å²) >= 11 is 0. The maximum absolute atomic E-state index is 9.02. The number of rotatable bonds is 7. The number of aryl methyl sites for hydroxylation is 1. The van der Waals surface area contributed by atoms with Crippen molar-refractivity contribution in [2.75, 3.05) is 20.3 Å². The van der Waals surface area contributed by atoms with Crippen molar-refractivity contribution < 1.29 is 14.3 Å². The molecular weight excluding hydrogens is 206 g/mol. The van der Waals surface area contributed by atoms with E-state index in [4.69, 9.17) is 14.3 Å². The molecule has 4 heteroatoms. The minimum absolute atomic E-state index is 0.143. The molecule has 1 heterocycles. The molecule has 0 saturated heterocycles. The van der Waals surface area contributed by atoms with Gasteiger partial charge in [-0.25, -0.2) is 0 Å². The van der Waals surface area contributed by atoms with Gasteiger partial charge in [0.05, 0.1) is 19.4 Å². The Labute approximate surface area is 96.6 Å². The minimum atomic E-state index is -0.220. The second kappa shape index (κ2) is 6.03. The lowest BCUT2D eigenvalue weighted by molar-refractivity contribution is 0.0956. The van der Waals surface area contributed by atoms with Crippen molar-refractivity contribution in [2.24, 2.45) is 0 Å². The number of ether oxygens (including phenoxy) is 1. The third-order valence-corrected chi connectivity index (χ3v) is 2.77. The molecule has 1 atom stereocenters. The molecule has 0 aliphatic carbocycles. The fourth-order valence-corrected chi connectivity index (χ4v) is 1.66. The fraction of sp³-hybridized carbons (Fsp3) is 0.667. The summed E-state index contributed by atoms with van der Waals surface area (Å²) in [5.74, 6) is 0.931. The first-order chi connectivity index (χ1) is 7.61. The molecule has 0 aliphatic rings. The number of hydrogen-bond donors (Lipinski definition) is 2. The van der Waals surface area contributed by atoms with Crippen LogP contribution in [0.1, 0.15) is 24.7 Å². The zero-order valence-corrected chi connectivity index (χ0v) is 10.2. The van der Waals surface area contributed by atoms with Gasteiger partial charge in [0.25, 0.3) is 0 Å². The highest BCUT2D eigenvalue weighted by Crippen LogP contribution is 2.14. The lowest BCUT2D eigenvalue weighted by Crippen LogP contribution is -2.46. The third kappa shape index (κ3) is 3.63. The topological polar surface area (TPSA) is 54.6 Å². The predicted molar refractivity (Wildman–Crippen MR) is 62.3 cm³/mol. The van der Waals surface area contributed by atoms with Gasteiger partial charge < -0.3 is 19.6 Å². The van der Waals surface area contributed by atoms with E-state index >= 15 is 0 Å². The summed E-state index contributed by atoms with van der Waals surface area (Å²) in [6.45, 7) is 5.40. The van der Waals surface area contributed by atoms with Gasteiger partial charge in [0.15, 0.2) is 0 Å². The monoisotopic (exact) mass is 227 g/mol. The summed E-state index contributed by atoms with van der Waals surface area (Å²) in [5.41, 5.74) is 0.916. The van der Waals surface area contributed by atoms with Gasteiger partial charge in [0, 0.05) is 19.3 Å². The summed E-state index contributed by atoms with van der Waals surface area (Å²) in [6, 6.07) is 1.94. The summed E-state index contributed by atoms with van der Waals surface area (Å²) in [4.78, 5) is 0. The van der Waals surface area contributed by atoms with Gasteiger partial charge >= 0.3 is 0 Å². The maximum atomic E-state index is 9.02. The average Bonchev–Trinajstić information content (AvgIpc) is 2.62. The molecule has 0 bridgehead atoms. The summed E-state index contributed by atoms with van der Waals surface area (Å²) in [5, 5.41) is 12.4. The van der Waals surface area contributed by atoms with Crippen LogP contribution in [0.5, 0.6) is 0 Å². The van der Waals surface area contributed by atoms with Gasteiger partial charge in [-0.1, -0.05) is 0 Å². The van der Waals surface area contributed by atoms with Crippen LogP contribution in [0.15, 0.2) is 16.7 Å². The van der Waals surface area contributed by atoms with Gasteiger partial charge in [-0.15, -0.1) is 0 Å². The Hall–Kier alpha value is -0.840. The van der Waals surface area contributed by atoms with Gasteiger partial charge in [-0.2, -0.15) is 0 Å². The van der Waals surface area contributed by atoms with Crippen molar-refractivity contribution in [3.8, 4) is 0 Å².